The molecule has 1 aromatic rings. The van der Waals surface area contributed by atoms with E-state index >= 15 is 0 Å². The smallest absolute Gasteiger partial charge is 0.338 e. The maximum absolute atomic E-state index is 12.0. The summed E-state index contributed by atoms with van der Waals surface area (Å²) >= 11 is 0. The number of ether oxygens (including phenoxy) is 1. The lowest BCUT2D eigenvalue weighted by Crippen LogP contribution is -2.38. The average molecular weight is 278 g/mol. The molecule has 0 unspecified atom stereocenters. The maximum atomic E-state index is 12.0. The van der Waals surface area contributed by atoms with Gasteiger partial charge in [0.1, 0.15) is 13.2 Å². The first kappa shape index (κ1) is 16.7. The summed E-state index contributed by atoms with van der Waals surface area (Å²) in [5, 5.41) is 0. The molecule has 1 aromatic carbocycles. The van der Waals surface area contributed by atoms with Crippen LogP contribution in [0.4, 0.5) is 0 Å². The van der Waals surface area contributed by atoms with E-state index in [0.29, 0.717) is 12.2 Å². The third-order valence-electron chi connectivity index (χ3n) is 2.89. The van der Waals surface area contributed by atoms with Crippen molar-refractivity contribution in [2.24, 2.45) is 5.41 Å². The minimum atomic E-state index is -0.228. The molecule has 0 atom stereocenters. The Hall–Kier alpha value is -1.35. The lowest BCUT2D eigenvalue weighted by atomic mass is 9.88. The number of benzene rings is 1. The molecule has 112 valence electrons. The highest BCUT2D eigenvalue weighted by atomic mass is 16.5. The summed E-state index contributed by atoms with van der Waals surface area (Å²) in [5.41, 5.74) is 2.04. The van der Waals surface area contributed by atoms with Gasteiger partial charge in [0.2, 0.25) is 0 Å². The molecule has 0 aliphatic carbocycles. The molecule has 0 fully saturated rings. The molecule has 0 radical (unpaired) electrons. The highest BCUT2D eigenvalue weighted by Crippen LogP contribution is 2.21. The van der Waals surface area contributed by atoms with E-state index in [9.17, 15) is 4.79 Å². The lowest BCUT2D eigenvalue weighted by molar-refractivity contribution is -0.870. The molecule has 0 aromatic heterocycles. The highest BCUT2D eigenvalue weighted by Gasteiger charge is 2.14. The van der Waals surface area contributed by atoms with Crippen molar-refractivity contribution in [1.29, 1.82) is 0 Å². The van der Waals surface area contributed by atoms with E-state index in [2.05, 4.69) is 48.0 Å². The third kappa shape index (κ3) is 6.71. The summed E-state index contributed by atoms with van der Waals surface area (Å²) in [7, 11) is 6.24. The number of carbonyl (C=O) groups excluding carboxylic acids is 1. The van der Waals surface area contributed by atoms with Crippen LogP contribution >= 0.6 is 0 Å². The molecule has 0 heterocycles. The zero-order valence-electron chi connectivity index (χ0n) is 13.7. The molecule has 0 saturated carbocycles. The van der Waals surface area contributed by atoms with E-state index in [1.54, 1.807) is 0 Å². The van der Waals surface area contributed by atoms with Crippen LogP contribution in [0.15, 0.2) is 24.3 Å². The lowest BCUT2D eigenvalue weighted by Gasteiger charge is -2.23. The number of esters is 1. The minimum absolute atomic E-state index is 0.215. The molecule has 3 nitrogen and oxygen atoms in total. The Morgan fingerprint density at radius 2 is 1.85 bits per heavy atom. The fraction of sp³-hybridized carbons (Fsp3) is 0.588. The van der Waals surface area contributed by atoms with E-state index in [1.165, 1.54) is 5.56 Å². The number of carbonyl (C=O) groups is 1. The number of likely N-dealkylation sites (N-methyl/N-ethyl adjacent to an activating group) is 1. The van der Waals surface area contributed by atoms with Crippen LogP contribution < -0.4 is 0 Å². The SMILES string of the molecule is CC(C)(C)Cc1cccc(C(=O)OCC[N+](C)(C)C)c1. The van der Waals surface area contributed by atoms with E-state index in [0.717, 1.165) is 17.4 Å². The summed E-state index contributed by atoms with van der Waals surface area (Å²) in [6.45, 7) is 7.84. The van der Waals surface area contributed by atoms with Gasteiger partial charge in [-0.15, -0.1) is 0 Å². The van der Waals surface area contributed by atoms with Crippen molar-refractivity contribution in [1.82, 2.24) is 0 Å². The van der Waals surface area contributed by atoms with Crippen molar-refractivity contribution in [3.8, 4) is 0 Å². The summed E-state index contributed by atoms with van der Waals surface area (Å²) < 4.78 is 6.12. The average Bonchev–Trinajstić information content (AvgIpc) is 2.25. The molecule has 3 heteroatoms. The number of rotatable bonds is 5. The quantitative estimate of drug-likeness (QED) is 0.611. The van der Waals surface area contributed by atoms with Gasteiger partial charge >= 0.3 is 5.97 Å². The molecule has 0 saturated heterocycles. The molecule has 0 aliphatic heterocycles. The van der Waals surface area contributed by atoms with Gasteiger partial charge in [-0.05, 0) is 29.5 Å². The molecular weight excluding hydrogens is 250 g/mol. The Kier molecular flexibility index (Phi) is 5.35. The van der Waals surface area contributed by atoms with Gasteiger partial charge in [-0.1, -0.05) is 32.9 Å². The monoisotopic (exact) mass is 278 g/mol. The standard InChI is InChI=1S/C17H28NO2/c1-17(2,3)13-14-8-7-9-15(12-14)16(19)20-11-10-18(4,5)6/h7-9,12H,10-11,13H2,1-6H3/q+1. The number of hydrogen-bond acceptors (Lipinski definition) is 2. The predicted molar refractivity (Wildman–Crippen MR) is 82.8 cm³/mol. The topological polar surface area (TPSA) is 26.3 Å². The molecule has 20 heavy (non-hydrogen) atoms. The van der Waals surface area contributed by atoms with Crippen LogP contribution in [0.25, 0.3) is 0 Å². The van der Waals surface area contributed by atoms with Crippen molar-refractivity contribution < 1.29 is 14.0 Å². The number of hydrogen-bond donors (Lipinski definition) is 0. The van der Waals surface area contributed by atoms with Crippen molar-refractivity contribution in [3.63, 3.8) is 0 Å². The Balaban J connectivity index is 2.63. The summed E-state index contributed by atoms with van der Waals surface area (Å²) in [5.74, 6) is -0.228. The Bertz CT molecular complexity index is 453. The van der Waals surface area contributed by atoms with Crippen LogP contribution in [0.2, 0.25) is 0 Å². The molecule has 0 bridgehead atoms. The molecule has 0 spiro atoms. The van der Waals surface area contributed by atoms with Crippen LogP contribution in [-0.4, -0.2) is 44.7 Å². The fourth-order valence-electron chi connectivity index (χ4n) is 1.92. The van der Waals surface area contributed by atoms with Crippen molar-refractivity contribution in [2.75, 3.05) is 34.3 Å². The second-order valence-electron chi connectivity index (χ2n) is 7.59. The van der Waals surface area contributed by atoms with Crippen LogP contribution in [0.5, 0.6) is 0 Å². The molecule has 0 N–H and O–H groups in total. The number of quaternary nitrogens is 1. The summed E-state index contributed by atoms with van der Waals surface area (Å²) in [6.07, 6.45) is 0.951. The van der Waals surface area contributed by atoms with Crippen molar-refractivity contribution >= 4 is 5.97 Å². The summed E-state index contributed by atoms with van der Waals surface area (Å²) in [6, 6.07) is 7.76. The first-order valence-corrected chi connectivity index (χ1v) is 7.13. The van der Waals surface area contributed by atoms with Crippen LogP contribution in [0.1, 0.15) is 36.7 Å². The third-order valence-corrected chi connectivity index (χ3v) is 2.89. The fourth-order valence-corrected chi connectivity index (χ4v) is 1.92. The van der Waals surface area contributed by atoms with Crippen LogP contribution in [-0.2, 0) is 11.2 Å². The largest absolute Gasteiger partial charge is 0.456 e. The van der Waals surface area contributed by atoms with Gasteiger partial charge in [0.25, 0.3) is 0 Å². The first-order chi connectivity index (χ1) is 9.07. The molecule has 0 aliphatic rings. The van der Waals surface area contributed by atoms with Gasteiger partial charge in [0.15, 0.2) is 0 Å². The molecule has 1 rings (SSSR count). The van der Waals surface area contributed by atoms with Gasteiger partial charge in [-0.3, -0.25) is 0 Å². The van der Waals surface area contributed by atoms with E-state index < -0.39 is 0 Å². The van der Waals surface area contributed by atoms with Gasteiger partial charge in [-0.25, -0.2) is 4.79 Å². The summed E-state index contributed by atoms with van der Waals surface area (Å²) in [4.78, 5) is 12.0. The van der Waals surface area contributed by atoms with Gasteiger partial charge in [0.05, 0.1) is 26.7 Å². The Morgan fingerprint density at radius 1 is 1.20 bits per heavy atom. The van der Waals surface area contributed by atoms with Crippen molar-refractivity contribution in [3.05, 3.63) is 35.4 Å². The second-order valence-corrected chi connectivity index (χ2v) is 7.59. The van der Waals surface area contributed by atoms with Gasteiger partial charge in [-0.2, -0.15) is 0 Å². The molecule has 0 amide bonds. The van der Waals surface area contributed by atoms with E-state index in [1.807, 2.05) is 18.2 Å². The Morgan fingerprint density at radius 3 is 2.40 bits per heavy atom. The maximum Gasteiger partial charge on any atom is 0.338 e. The minimum Gasteiger partial charge on any atom is -0.456 e. The highest BCUT2D eigenvalue weighted by molar-refractivity contribution is 5.89. The normalized spacial score (nSPS) is 12.3. The van der Waals surface area contributed by atoms with Crippen molar-refractivity contribution in [2.45, 2.75) is 27.2 Å². The first-order valence-electron chi connectivity index (χ1n) is 7.13. The Labute approximate surface area is 123 Å². The van der Waals surface area contributed by atoms with Crippen LogP contribution in [0, 0.1) is 5.41 Å². The zero-order chi connectivity index (χ0) is 15.4. The van der Waals surface area contributed by atoms with Gasteiger partial charge < -0.3 is 9.22 Å². The molecular formula is C17H28NO2+. The van der Waals surface area contributed by atoms with Crippen LogP contribution in [0.3, 0.4) is 0 Å². The van der Waals surface area contributed by atoms with E-state index in [-0.39, 0.29) is 11.4 Å². The zero-order valence-corrected chi connectivity index (χ0v) is 13.7. The second kappa shape index (κ2) is 6.40. The number of nitrogens with zero attached hydrogens (tertiary/aromatic N) is 1. The van der Waals surface area contributed by atoms with E-state index in [4.69, 9.17) is 4.74 Å². The van der Waals surface area contributed by atoms with Gasteiger partial charge in [0, 0.05) is 0 Å². The predicted octanol–water partition coefficient (Wildman–Crippen LogP) is 3.14.